The molecule has 0 amide bonds. The fraction of sp³-hybridized carbons (Fsp3) is 0.845. The zero-order valence-corrected chi connectivity index (χ0v) is 51.7. The Labute approximate surface area is 479 Å². The van der Waals surface area contributed by atoms with Crippen LogP contribution in [0.2, 0.25) is 0 Å². The first-order valence-corrected chi connectivity index (χ1v) is 34.1. The van der Waals surface area contributed by atoms with Crippen LogP contribution < -0.4 is 0 Å². The highest BCUT2D eigenvalue weighted by molar-refractivity contribution is 5.71. The van der Waals surface area contributed by atoms with Gasteiger partial charge in [0, 0.05) is 19.3 Å². The van der Waals surface area contributed by atoms with Crippen molar-refractivity contribution < 1.29 is 28.6 Å². The standard InChI is InChI=1S/C71H130O6/c1-4-7-10-13-16-19-22-25-28-31-32-33-34-35-36-37-38-41-43-46-49-52-55-58-61-64-70(73)76-67-68(77-71(74)65-62-59-56-53-50-47-44-40-30-27-24-21-18-15-12-9-6-3)66-75-69(72)63-60-57-54-51-48-45-42-39-29-26-23-20-17-14-11-8-5-2/h18,21,26-27,29-32,68H,4-17,19-20,22-25,28,33-67H2,1-3H3/b21-18-,29-26-,30-27-,32-31-. The average Bonchev–Trinajstić information content (AvgIpc) is 3.43. The van der Waals surface area contributed by atoms with E-state index in [1.807, 2.05) is 0 Å². The van der Waals surface area contributed by atoms with Crippen LogP contribution in [0.15, 0.2) is 48.6 Å². The SMILES string of the molecule is CCCCC/C=C\C/C=C\CCCCCCCCCC(=O)OC(COC(=O)CCCCCCCCC/C=C\CCCCCCCC)COC(=O)CCCCCCCCCCCCCCC/C=C\CCCCCCCCCC. The van der Waals surface area contributed by atoms with E-state index >= 15 is 0 Å². The lowest BCUT2D eigenvalue weighted by atomic mass is 10.0. The van der Waals surface area contributed by atoms with Crippen molar-refractivity contribution in [1.82, 2.24) is 0 Å². The molecule has 0 spiro atoms. The lowest BCUT2D eigenvalue weighted by Crippen LogP contribution is -2.30. The van der Waals surface area contributed by atoms with Crippen molar-refractivity contribution in [2.75, 3.05) is 13.2 Å². The number of hydrogen-bond acceptors (Lipinski definition) is 6. The topological polar surface area (TPSA) is 78.9 Å². The highest BCUT2D eigenvalue weighted by atomic mass is 16.6. The summed E-state index contributed by atoms with van der Waals surface area (Å²) in [5.74, 6) is -0.865. The minimum Gasteiger partial charge on any atom is -0.462 e. The smallest absolute Gasteiger partial charge is 0.306 e. The van der Waals surface area contributed by atoms with Gasteiger partial charge in [0.1, 0.15) is 13.2 Å². The Morgan fingerprint density at radius 1 is 0.260 bits per heavy atom. The Kier molecular flexibility index (Phi) is 63.6. The molecule has 6 heteroatoms. The van der Waals surface area contributed by atoms with Crippen LogP contribution in [0.1, 0.15) is 367 Å². The summed E-state index contributed by atoms with van der Waals surface area (Å²) in [5, 5.41) is 0. The zero-order chi connectivity index (χ0) is 55.7. The van der Waals surface area contributed by atoms with Gasteiger partial charge in [-0.15, -0.1) is 0 Å². The highest BCUT2D eigenvalue weighted by Crippen LogP contribution is 2.17. The van der Waals surface area contributed by atoms with Gasteiger partial charge in [0.15, 0.2) is 6.10 Å². The molecule has 0 heterocycles. The summed E-state index contributed by atoms with van der Waals surface area (Å²) < 4.78 is 17.0. The third kappa shape index (κ3) is 64.1. The molecule has 77 heavy (non-hydrogen) atoms. The van der Waals surface area contributed by atoms with Gasteiger partial charge in [-0.3, -0.25) is 14.4 Å². The molecular weight excluding hydrogens is 949 g/mol. The lowest BCUT2D eigenvalue weighted by Gasteiger charge is -2.18. The molecule has 0 radical (unpaired) electrons. The number of allylic oxidation sites excluding steroid dienone is 8. The second kappa shape index (κ2) is 65.9. The van der Waals surface area contributed by atoms with E-state index in [-0.39, 0.29) is 31.1 Å². The number of carbonyl (C=O) groups is 3. The third-order valence-electron chi connectivity index (χ3n) is 15.3. The summed E-state index contributed by atoms with van der Waals surface area (Å²) in [6.07, 6.45) is 82.7. The molecular formula is C71H130O6. The molecule has 6 nitrogen and oxygen atoms in total. The fourth-order valence-corrected chi connectivity index (χ4v) is 10.1. The van der Waals surface area contributed by atoms with Gasteiger partial charge in [-0.1, -0.05) is 294 Å². The van der Waals surface area contributed by atoms with Gasteiger partial charge in [0.2, 0.25) is 0 Å². The quantitative estimate of drug-likeness (QED) is 0.0261. The molecule has 0 aromatic carbocycles. The summed E-state index contributed by atoms with van der Waals surface area (Å²) in [4.78, 5) is 38.4. The molecule has 0 saturated carbocycles. The Morgan fingerprint density at radius 2 is 0.468 bits per heavy atom. The van der Waals surface area contributed by atoms with Crippen LogP contribution in [-0.4, -0.2) is 37.2 Å². The summed E-state index contributed by atoms with van der Waals surface area (Å²) in [7, 11) is 0. The van der Waals surface area contributed by atoms with Gasteiger partial charge in [0.05, 0.1) is 0 Å². The maximum atomic E-state index is 12.9. The number of unbranched alkanes of at least 4 members (excludes halogenated alkanes) is 44. The first-order chi connectivity index (χ1) is 38.0. The fourth-order valence-electron chi connectivity index (χ4n) is 10.1. The van der Waals surface area contributed by atoms with Crippen LogP contribution in [0.3, 0.4) is 0 Å². The van der Waals surface area contributed by atoms with Gasteiger partial charge in [0.25, 0.3) is 0 Å². The summed E-state index contributed by atoms with van der Waals surface area (Å²) in [5.41, 5.74) is 0. The average molecular weight is 1080 g/mol. The molecule has 0 aromatic rings. The number of carbonyl (C=O) groups excluding carboxylic acids is 3. The zero-order valence-electron chi connectivity index (χ0n) is 51.7. The van der Waals surface area contributed by atoms with Crippen molar-refractivity contribution >= 4 is 17.9 Å². The van der Waals surface area contributed by atoms with Crippen LogP contribution in [0.25, 0.3) is 0 Å². The number of rotatable bonds is 63. The number of hydrogen-bond donors (Lipinski definition) is 0. The Balaban J connectivity index is 4.30. The summed E-state index contributed by atoms with van der Waals surface area (Å²) >= 11 is 0. The largest absolute Gasteiger partial charge is 0.462 e. The van der Waals surface area contributed by atoms with Crippen molar-refractivity contribution in [3.8, 4) is 0 Å². The van der Waals surface area contributed by atoms with Crippen molar-refractivity contribution in [1.29, 1.82) is 0 Å². The maximum Gasteiger partial charge on any atom is 0.306 e. The maximum absolute atomic E-state index is 12.9. The molecule has 0 N–H and O–H groups in total. The molecule has 0 fully saturated rings. The van der Waals surface area contributed by atoms with Gasteiger partial charge in [-0.25, -0.2) is 0 Å². The molecule has 1 atom stereocenters. The number of ether oxygens (including phenoxy) is 3. The van der Waals surface area contributed by atoms with Crippen molar-refractivity contribution in [2.24, 2.45) is 0 Å². The highest BCUT2D eigenvalue weighted by Gasteiger charge is 2.19. The molecule has 0 rings (SSSR count). The Hall–Kier alpha value is -2.63. The van der Waals surface area contributed by atoms with E-state index < -0.39 is 6.10 Å². The minimum absolute atomic E-state index is 0.0749. The molecule has 450 valence electrons. The Morgan fingerprint density at radius 3 is 0.753 bits per heavy atom. The molecule has 0 aliphatic rings. The van der Waals surface area contributed by atoms with Crippen molar-refractivity contribution in [3.63, 3.8) is 0 Å². The molecule has 0 saturated heterocycles. The van der Waals surface area contributed by atoms with Crippen molar-refractivity contribution in [2.45, 2.75) is 374 Å². The van der Waals surface area contributed by atoms with E-state index in [9.17, 15) is 14.4 Å². The summed E-state index contributed by atoms with van der Waals surface area (Å²) in [6, 6.07) is 0. The second-order valence-electron chi connectivity index (χ2n) is 23.1. The van der Waals surface area contributed by atoms with E-state index in [2.05, 4.69) is 69.4 Å². The summed E-state index contributed by atoms with van der Waals surface area (Å²) in [6.45, 7) is 6.66. The van der Waals surface area contributed by atoms with Crippen LogP contribution in [-0.2, 0) is 28.6 Å². The van der Waals surface area contributed by atoms with Crippen LogP contribution >= 0.6 is 0 Å². The van der Waals surface area contributed by atoms with Gasteiger partial charge in [-0.2, -0.15) is 0 Å². The van der Waals surface area contributed by atoms with E-state index in [0.717, 1.165) is 70.6 Å². The molecule has 0 aromatic heterocycles. The Bertz CT molecular complexity index is 1330. The van der Waals surface area contributed by atoms with E-state index in [0.29, 0.717) is 19.3 Å². The minimum atomic E-state index is -0.779. The first-order valence-electron chi connectivity index (χ1n) is 34.1. The van der Waals surface area contributed by atoms with E-state index in [1.54, 1.807) is 0 Å². The predicted octanol–water partition coefficient (Wildman–Crippen LogP) is 23.3. The van der Waals surface area contributed by atoms with Gasteiger partial charge in [-0.05, 0) is 103 Å². The normalized spacial score (nSPS) is 12.3. The van der Waals surface area contributed by atoms with Crippen LogP contribution in [0.4, 0.5) is 0 Å². The molecule has 1 unspecified atom stereocenters. The van der Waals surface area contributed by atoms with E-state index in [1.165, 1.54) is 257 Å². The molecule has 0 aliphatic heterocycles. The second-order valence-corrected chi connectivity index (χ2v) is 23.1. The van der Waals surface area contributed by atoms with Gasteiger partial charge < -0.3 is 14.2 Å². The van der Waals surface area contributed by atoms with Gasteiger partial charge >= 0.3 is 17.9 Å². The monoisotopic (exact) mass is 1080 g/mol. The third-order valence-corrected chi connectivity index (χ3v) is 15.3. The van der Waals surface area contributed by atoms with Crippen LogP contribution in [0.5, 0.6) is 0 Å². The van der Waals surface area contributed by atoms with E-state index in [4.69, 9.17) is 14.2 Å². The number of esters is 3. The van der Waals surface area contributed by atoms with Crippen molar-refractivity contribution in [3.05, 3.63) is 48.6 Å². The van der Waals surface area contributed by atoms with Crippen LogP contribution in [0, 0.1) is 0 Å². The molecule has 0 aliphatic carbocycles. The lowest BCUT2D eigenvalue weighted by molar-refractivity contribution is -0.167. The molecule has 0 bridgehead atoms. The predicted molar refractivity (Wildman–Crippen MR) is 335 cm³/mol. The first kappa shape index (κ1) is 74.4.